The molecule has 0 aliphatic heterocycles. The smallest absolute Gasteiger partial charge is 0.226 e. The lowest BCUT2D eigenvalue weighted by molar-refractivity contribution is -0.118. The first-order chi connectivity index (χ1) is 13.3. The lowest BCUT2D eigenvalue weighted by Crippen LogP contribution is -2.25. The average Bonchev–Trinajstić information content (AvgIpc) is 2.70. The predicted octanol–water partition coefficient (Wildman–Crippen LogP) is 7.69. The van der Waals surface area contributed by atoms with Gasteiger partial charge in [0.2, 0.25) is 5.91 Å². The van der Waals surface area contributed by atoms with Gasteiger partial charge in [-0.15, -0.1) is 0 Å². The van der Waals surface area contributed by atoms with Crippen LogP contribution in [-0.4, -0.2) is 13.0 Å². The van der Waals surface area contributed by atoms with Crippen LogP contribution in [0, 0.1) is 0 Å². The predicted molar refractivity (Wildman–Crippen MR) is 119 cm³/mol. The Bertz CT molecular complexity index is 494. The number of allylic oxidation sites excluding steroid dienone is 2. The number of benzene rings is 1. The van der Waals surface area contributed by atoms with Gasteiger partial charge in [0.25, 0.3) is 0 Å². The van der Waals surface area contributed by atoms with E-state index >= 15 is 0 Å². The Kier molecular flexibility index (Phi) is 14.4. The number of para-hydroxylation sites is 1. The van der Waals surface area contributed by atoms with Crippen molar-refractivity contribution < 1.29 is 4.79 Å². The molecule has 0 fully saturated rings. The normalized spacial score (nSPS) is 11.2. The molecule has 0 aromatic heterocycles. The fourth-order valence-electron chi connectivity index (χ4n) is 3.31. The Morgan fingerprint density at radius 2 is 1.30 bits per heavy atom. The molecule has 2 heteroatoms. The van der Waals surface area contributed by atoms with Crippen LogP contribution >= 0.6 is 0 Å². The molecule has 0 saturated carbocycles. The molecule has 0 radical (unpaired) electrons. The Hall–Kier alpha value is -1.57. The minimum absolute atomic E-state index is 0.221. The quantitative estimate of drug-likeness (QED) is 0.215. The summed E-state index contributed by atoms with van der Waals surface area (Å²) in [5.41, 5.74) is 0.982. The zero-order valence-corrected chi connectivity index (χ0v) is 17.8. The van der Waals surface area contributed by atoms with Gasteiger partial charge in [0.15, 0.2) is 0 Å². The van der Waals surface area contributed by atoms with Gasteiger partial charge in [0.1, 0.15) is 0 Å². The van der Waals surface area contributed by atoms with Gasteiger partial charge in [-0.3, -0.25) is 4.79 Å². The van der Waals surface area contributed by atoms with Crippen molar-refractivity contribution in [2.75, 3.05) is 11.9 Å². The molecule has 0 spiro atoms. The summed E-state index contributed by atoms with van der Waals surface area (Å²) in [6.45, 7) is 2.27. The van der Waals surface area contributed by atoms with E-state index in [1.165, 1.54) is 70.6 Å². The summed E-state index contributed by atoms with van der Waals surface area (Å²) in [5.74, 6) is 0.221. The molecule has 0 bridgehead atoms. The van der Waals surface area contributed by atoms with Crippen molar-refractivity contribution in [3.63, 3.8) is 0 Å². The molecule has 0 atom stereocenters. The Morgan fingerprint density at radius 1 is 0.778 bits per heavy atom. The summed E-state index contributed by atoms with van der Waals surface area (Å²) in [4.78, 5) is 14.0. The minimum atomic E-state index is 0.221. The number of carbonyl (C=O) groups is 1. The second kappa shape index (κ2) is 16.6. The first kappa shape index (κ1) is 23.5. The van der Waals surface area contributed by atoms with Crippen LogP contribution in [0.15, 0.2) is 42.5 Å². The van der Waals surface area contributed by atoms with Gasteiger partial charge in [-0.1, -0.05) is 88.6 Å². The van der Waals surface area contributed by atoms with Crippen LogP contribution in [0.25, 0.3) is 0 Å². The van der Waals surface area contributed by atoms with E-state index in [0.29, 0.717) is 6.42 Å². The molecule has 1 rings (SSSR count). The summed E-state index contributed by atoms with van der Waals surface area (Å²) in [7, 11) is 1.87. The number of hydrogen-bond donors (Lipinski definition) is 0. The summed E-state index contributed by atoms with van der Waals surface area (Å²) in [6.07, 6.45) is 22.1. The van der Waals surface area contributed by atoms with Crippen molar-refractivity contribution >= 4 is 11.6 Å². The molecule has 0 aliphatic carbocycles. The molecule has 0 aliphatic rings. The average molecular weight is 372 g/mol. The van der Waals surface area contributed by atoms with Gasteiger partial charge in [-0.05, 0) is 44.2 Å². The highest BCUT2D eigenvalue weighted by molar-refractivity contribution is 5.92. The first-order valence-electron chi connectivity index (χ1n) is 11.2. The third-order valence-corrected chi connectivity index (χ3v) is 5.17. The minimum Gasteiger partial charge on any atom is -0.316 e. The van der Waals surface area contributed by atoms with E-state index in [2.05, 4.69) is 19.1 Å². The molecule has 152 valence electrons. The van der Waals surface area contributed by atoms with Crippen LogP contribution in [0.3, 0.4) is 0 Å². The third-order valence-electron chi connectivity index (χ3n) is 5.17. The summed E-state index contributed by atoms with van der Waals surface area (Å²) < 4.78 is 0. The number of amides is 1. The highest BCUT2D eigenvalue weighted by atomic mass is 16.2. The van der Waals surface area contributed by atoms with E-state index in [9.17, 15) is 4.79 Å². The maximum absolute atomic E-state index is 12.2. The van der Waals surface area contributed by atoms with Crippen LogP contribution in [0.4, 0.5) is 5.69 Å². The topological polar surface area (TPSA) is 20.3 Å². The van der Waals surface area contributed by atoms with Gasteiger partial charge in [-0.25, -0.2) is 0 Å². The van der Waals surface area contributed by atoms with Crippen molar-refractivity contribution in [3.05, 3.63) is 42.5 Å². The molecule has 1 amide bonds. The Morgan fingerprint density at radius 3 is 1.89 bits per heavy atom. The SMILES string of the molecule is CCCCCCCC/C=C\CCCCCCCC(=O)N(C)c1ccccc1. The van der Waals surface area contributed by atoms with Crippen LogP contribution in [0.5, 0.6) is 0 Å². The van der Waals surface area contributed by atoms with Crippen LogP contribution < -0.4 is 4.90 Å². The molecule has 0 heterocycles. The van der Waals surface area contributed by atoms with Gasteiger partial charge < -0.3 is 4.90 Å². The maximum atomic E-state index is 12.2. The number of nitrogens with zero attached hydrogens (tertiary/aromatic N) is 1. The maximum Gasteiger partial charge on any atom is 0.226 e. The highest BCUT2D eigenvalue weighted by Crippen LogP contribution is 2.14. The van der Waals surface area contributed by atoms with E-state index in [-0.39, 0.29) is 5.91 Å². The molecular weight excluding hydrogens is 330 g/mol. The molecule has 0 unspecified atom stereocenters. The third kappa shape index (κ3) is 12.4. The monoisotopic (exact) mass is 371 g/mol. The van der Waals surface area contributed by atoms with Gasteiger partial charge in [-0.2, -0.15) is 0 Å². The second-order valence-corrected chi connectivity index (χ2v) is 7.62. The number of hydrogen-bond acceptors (Lipinski definition) is 1. The van der Waals surface area contributed by atoms with E-state index < -0.39 is 0 Å². The fraction of sp³-hybridized carbons (Fsp3) is 0.640. The lowest BCUT2D eigenvalue weighted by Gasteiger charge is -2.17. The zero-order chi connectivity index (χ0) is 19.6. The van der Waals surface area contributed by atoms with Crippen LogP contribution in [0.1, 0.15) is 96.8 Å². The van der Waals surface area contributed by atoms with E-state index in [4.69, 9.17) is 0 Å². The molecule has 2 nitrogen and oxygen atoms in total. The summed E-state index contributed by atoms with van der Waals surface area (Å²) >= 11 is 0. The van der Waals surface area contributed by atoms with Crippen molar-refractivity contribution in [3.8, 4) is 0 Å². The van der Waals surface area contributed by atoms with Crippen LogP contribution in [0.2, 0.25) is 0 Å². The van der Waals surface area contributed by atoms with Crippen molar-refractivity contribution in [1.29, 1.82) is 0 Å². The molecular formula is C25H41NO. The van der Waals surface area contributed by atoms with E-state index in [1.807, 2.05) is 37.4 Å². The lowest BCUT2D eigenvalue weighted by atomic mass is 10.1. The summed E-state index contributed by atoms with van der Waals surface area (Å²) in [6, 6.07) is 9.89. The Labute approximate surface area is 168 Å². The number of unbranched alkanes of at least 4 members (excludes halogenated alkanes) is 11. The van der Waals surface area contributed by atoms with Gasteiger partial charge in [0, 0.05) is 19.2 Å². The second-order valence-electron chi connectivity index (χ2n) is 7.62. The zero-order valence-electron chi connectivity index (χ0n) is 17.8. The summed E-state index contributed by atoms with van der Waals surface area (Å²) in [5, 5.41) is 0. The first-order valence-corrected chi connectivity index (χ1v) is 11.2. The van der Waals surface area contributed by atoms with Gasteiger partial charge in [0.05, 0.1) is 0 Å². The molecule has 1 aromatic rings. The standard InChI is InChI=1S/C25H41NO/c1-3-4-5-6-7-8-9-10-11-12-13-14-15-16-20-23-25(27)26(2)24-21-18-17-19-22-24/h10-11,17-19,21-22H,3-9,12-16,20,23H2,1-2H3/b11-10-. The van der Waals surface area contributed by atoms with Crippen molar-refractivity contribution in [2.45, 2.75) is 96.8 Å². The molecule has 27 heavy (non-hydrogen) atoms. The molecule has 0 N–H and O–H groups in total. The number of carbonyl (C=O) groups excluding carboxylic acids is 1. The van der Waals surface area contributed by atoms with Crippen molar-refractivity contribution in [2.24, 2.45) is 0 Å². The molecule has 0 saturated heterocycles. The number of rotatable bonds is 16. The number of anilines is 1. The Balaban J connectivity index is 1.90. The van der Waals surface area contributed by atoms with E-state index in [1.54, 1.807) is 4.90 Å². The van der Waals surface area contributed by atoms with Crippen molar-refractivity contribution in [1.82, 2.24) is 0 Å². The largest absolute Gasteiger partial charge is 0.316 e. The fourth-order valence-corrected chi connectivity index (χ4v) is 3.31. The molecule has 1 aromatic carbocycles. The van der Waals surface area contributed by atoms with Gasteiger partial charge >= 0.3 is 0 Å². The van der Waals surface area contributed by atoms with E-state index in [0.717, 1.165) is 18.5 Å². The highest BCUT2D eigenvalue weighted by Gasteiger charge is 2.09. The van der Waals surface area contributed by atoms with Crippen LogP contribution in [-0.2, 0) is 4.79 Å².